The van der Waals surface area contributed by atoms with Crippen molar-refractivity contribution >= 4 is 35.4 Å². The first-order valence-electron chi connectivity index (χ1n) is 14.5. The van der Waals surface area contributed by atoms with Gasteiger partial charge in [-0.15, -0.1) is 0 Å². The van der Waals surface area contributed by atoms with E-state index in [4.69, 9.17) is 9.97 Å². The van der Waals surface area contributed by atoms with E-state index >= 15 is 0 Å². The molecule has 6 nitrogen and oxygen atoms in total. The Kier molecular flexibility index (Phi) is 9.39. The van der Waals surface area contributed by atoms with Crippen LogP contribution < -0.4 is 21.2 Å². The Morgan fingerprint density at radius 3 is 2.12 bits per heavy atom. The summed E-state index contributed by atoms with van der Waals surface area (Å²) in [5.74, 6) is 0.344. The Labute approximate surface area is 253 Å². The largest absolute Gasteiger partial charge is 0.324 e. The molecule has 0 saturated heterocycles. The Hall–Kier alpha value is -5.07. The van der Waals surface area contributed by atoms with E-state index in [1.54, 1.807) is 12.1 Å². The van der Waals surface area contributed by atoms with Crippen LogP contribution in [0.1, 0.15) is 40.9 Å². The Morgan fingerprint density at radius 1 is 0.791 bits per heavy atom. The highest BCUT2D eigenvalue weighted by Gasteiger charge is 2.11. The van der Waals surface area contributed by atoms with Gasteiger partial charge in [0.1, 0.15) is 0 Å². The average Bonchev–Trinajstić information content (AvgIpc) is 3.03. The predicted molar refractivity (Wildman–Crippen MR) is 177 cm³/mol. The van der Waals surface area contributed by atoms with Crippen molar-refractivity contribution in [2.24, 2.45) is 0 Å². The van der Waals surface area contributed by atoms with Gasteiger partial charge in [0.25, 0.3) is 5.91 Å². The van der Waals surface area contributed by atoms with Crippen molar-refractivity contribution in [3.8, 4) is 11.3 Å². The van der Waals surface area contributed by atoms with Gasteiger partial charge in [-0.25, -0.2) is 9.97 Å². The first-order valence-corrected chi connectivity index (χ1v) is 14.5. The minimum absolute atomic E-state index is 0.156. The highest BCUT2D eigenvalue weighted by molar-refractivity contribution is 6.04. The van der Waals surface area contributed by atoms with Crippen molar-refractivity contribution in [3.63, 3.8) is 0 Å². The third-order valence-electron chi connectivity index (χ3n) is 7.27. The van der Waals surface area contributed by atoms with Crippen molar-refractivity contribution in [1.29, 1.82) is 0 Å². The molecule has 0 spiro atoms. The van der Waals surface area contributed by atoms with Crippen LogP contribution in [0.15, 0.2) is 103 Å². The zero-order valence-corrected chi connectivity index (χ0v) is 25.1. The summed E-state index contributed by atoms with van der Waals surface area (Å²) in [5.41, 5.74) is 7.59. The molecule has 0 atom stereocenters. The second kappa shape index (κ2) is 13.7. The van der Waals surface area contributed by atoms with Crippen LogP contribution in [-0.4, -0.2) is 27.8 Å². The normalized spacial score (nSPS) is 12.0. The maximum Gasteiger partial charge on any atom is 0.255 e. The third-order valence-corrected chi connectivity index (χ3v) is 7.27. The third kappa shape index (κ3) is 7.42. The van der Waals surface area contributed by atoms with Crippen molar-refractivity contribution in [2.45, 2.75) is 33.9 Å². The summed E-state index contributed by atoms with van der Waals surface area (Å²) in [7, 11) is 2.12. The molecule has 6 heteroatoms. The maximum absolute atomic E-state index is 13.1. The Morgan fingerprint density at radius 2 is 1.47 bits per heavy atom. The predicted octanol–water partition coefficient (Wildman–Crippen LogP) is 6.68. The summed E-state index contributed by atoms with van der Waals surface area (Å²) in [6.45, 7) is 7.70. The molecule has 0 bridgehead atoms. The number of aryl methyl sites for hydroxylation is 1. The molecule has 4 aromatic carbocycles. The van der Waals surface area contributed by atoms with E-state index in [9.17, 15) is 4.79 Å². The topological polar surface area (TPSA) is 70.2 Å². The highest BCUT2D eigenvalue weighted by Crippen LogP contribution is 2.21. The average molecular weight is 568 g/mol. The van der Waals surface area contributed by atoms with Crippen LogP contribution in [0.2, 0.25) is 0 Å². The lowest BCUT2D eigenvalue weighted by molar-refractivity contribution is 0.102. The van der Waals surface area contributed by atoms with Gasteiger partial charge in [0.15, 0.2) is 0 Å². The van der Waals surface area contributed by atoms with Crippen LogP contribution >= 0.6 is 0 Å². The fourth-order valence-corrected chi connectivity index (χ4v) is 5.12. The Bertz CT molecular complexity index is 1820. The number of hydrogen-bond donors (Lipinski definition) is 2. The molecule has 5 aromatic rings. The number of nitrogens with one attached hydrogen (secondary N) is 2. The zero-order valence-electron chi connectivity index (χ0n) is 25.1. The number of rotatable bonds is 9. The quantitative estimate of drug-likeness (QED) is 0.208. The molecular weight excluding hydrogens is 530 g/mol. The van der Waals surface area contributed by atoms with Gasteiger partial charge >= 0.3 is 0 Å². The summed E-state index contributed by atoms with van der Waals surface area (Å²) < 4.78 is 0. The maximum atomic E-state index is 13.1. The first-order chi connectivity index (χ1) is 20.9. The number of nitrogens with zero attached hydrogens (tertiary/aromatic N) is 3. The molecule has 2 N–H and O–H groups in total. The number of aromatic nitrogens is 2. The molecule has 5 rings (SSSR count). The second-order valence-electron chi connectivity index (χ2n) is 10.6. The fourth-order valence-electron chi connectivity index (χ4n) is 5.12. The summed E-state index contributed by atoms with van der Waals surface area (Å²) in [6.07, 6.45) is 4.02. The number of benzene rings is 4. The van der Waals surface area contributed by atoms with Gasteiger partial charge in [0, 0.05) is 40.8 Å². The summed E-state index contributed by atoms with van der Waals surface area (Å²) in [5, 5.41) is 8.23. The van der Waals surface area contributed by atoms with E-state index in [0.29, 0.717) is 11.5 Å². The van der Waals surface area contributed by atoms with E-state index in [0.717, 1.165) is 51.9 Å². The SMILES string of the molecule is C/C=c1/c(-c2ccccc2)nc(Nc2ccc(C(=O)Nc3ccc(CN(C)Cc4ccccc4)cc3C)cc2)n/c1=C/C. The van der Waals surface area contributed by atoms with Crippen LogP contribution in [0.4, 0.5) is 17.3 Å². The lowest BCUT2D eigenvalue weighted by Gasteiger charge is -2.18. The van der Waals surface area contributed by atoms with Crippen LogP contribution in [0.25, 0.3) is 23.4 Å². The molecule has 0 aliphatic rings. The van der Waals surface area contributed by atoms with Gasteiger partial charge in [-0.2, -0.15) is 0 Å². The van der Waals surface area contributed by atoms with E-state index in [1.807, 2.05) is 87.5 Å². The van der Waals surface area contributed by atoms with Gasteiger partial charge in [0.05, 0.1) is 11.0 Å². The lowest BCUT2D eigenvalue weighted by Crippen LogP contribution is -2.32. The highest BCUT2D eigenvalue weighted by atomic mass is 16.1. The van der Waals surface area contributed by atoms with Crippen LogP contribution in [0.5, 0.6) is 0 Å². The van der Waals surface area contributed by atoms with Crippen molar-refractivity contribution in [3.05, 3.63) is 136 Å². The number of carbonyl (C=O) groups excluding carboxylic acids is 1. The van der Waals surface area contributed by atoms with E-state index < -0.39 is 0 Å². The molecule has 43 heavy (non-hydrogen) atoms. The van der Waals surface area contributed by atoms with E-state index in [1.165, 1.54) is 11.1 Å². The lowest BCUT2D eigenvalue weighted by atomic mass is 10.1. The van der Waals surface area contributed by atoms with Crippen molar-refractivity contribution in [1.82, 2.24) is 14.9 Å². The van der Waals surface area contributed by atoms with E-state index in [-0.39, 0.29) is 5.91 Å². The number of hydrogen-bond acceptors (Lipinski definition) is 5. The van der Waals surface area contributed by atoms with E-state index in [2.05, 4.69) is 59.0 Å². The minimum atomic E-state index is -0.156. The first kappa shape index (κ1) is 29.4. The standard InChI is InChI=1S/C37H37N5O/c1-5-32-33(6-2)40-37(41-35(32)29-15-11-8-12-16-29)38-31-20-18-30(19-21-31)36(43)39-34-22-17-28(23-26(34)3)25-42(4)24-27-13-9-7-10-14-27/h5-23H,24-25H2,1-4H3,(H,38,40)(H,39,43)/b32-5+,33-6+. The molecular formula is C37H37N5O. The molecule has 0 aliphatic heterocycles. The molecule has 0 saturated carbocycles. The molecule has 1 heterocycles. The molecule has 0 radical (unpaired) electrons. The van der Waals surface area contributed by atoms with Gasteiger partial charge in [0.2, 0.25) is 5.95 Å². The van der Waals surface area contributed by atoms with Crippen LogP contribution in [-0.2, 0) is 13.1 Å². The second-order valence-corrected chi connectivity index (χ2v) is 10.6. The summed E-state index contributed by atoms with van der Waals surface area (Å²) in [4.78, 5) is 24.9. The number of anilines is 3. The van der Waals surface area contributed by atoms with Gasteiger partial charge in [-0.3, -0.25) is 9.69 Å². The van der Waals surface area contributed by atoms with Gasteiger partial charge in [-0.1, -0.05) is 84.9 Å². The van der Waals surface area contributed by atoms with Crippen molar-refractivity contribution < 1.29 is 4.79 Å². The van der Waals surface area contributed by atoms with Crippen LogP contribution in [0.3, 0.4) is 0 Å². The summed E-state index contributed by atoms with van der Waals surface area (Å²) >= 11 is 0. The number of carbonyl (C=O) groups is 1. The monoisotopic (exact) mass is 567 g/mol. The molecule has 1 amide bonds. The van der Waals surface area contributed by atoms with Crippen molar-refractivity contribution in [2.75, 3.05) is 17.7 Å². The smallest absolute Gasteiger partial charge is 0.255 e. The molecule has 0 aliphatic carbocycles. The molecule has 216 valence electrons. The molecule has 0 unspecified atom stereocenters. The Balaban J connectivity index is 1.25. The zero-order chi connectivity index (χ0) is 30.2. The fraction of sp³-hybridized carbons (Fsp3) is 0.162. The van der Waals surface area contributed by atoms with Crippen LogP contribution in [0, 0.1) is 6.92 Å². The van der Waals surface area contributed by atoms with Gasteiger partial charge in [-0.05, 0) is 74.8 Å². The number of amides is 1. The van der Waals surface area contributed by atoms with Gasteiger partial charge < -0.3 is 10.6 Å². The molecule has 1 aromatic heterocycles. The minimum Gasteiger partial charge on any atom is -0.324 e. The molecule has 0 fully saturated rings. The summed E-state index contributed by atoms with van der Waals surface area (Å²) in [6, 6.07) is 34.1.